The van der Waals surface area contributed by atoms with Crippen LogP contribution in [0, 0.1) is 0 Å². The fourth-order valence-electron chi connectivity index (χ4n) is 3.44. The number of carbonyl (C=O) groups is 1. The minimum Gasteiger partial charge on any atom is -0.496 e. The van der Waals surface area contributed by atoms with Gasteiger partial charge in [-0.25, -0.2) is 0 Å². The number of benzene rings is 4. The lowest BCUT2D eigenvalue weighted by atomic mass is 9.99. The predicted octanol–water partition coefficient (Wildman–Crippen LogP) is 5.84. The van der Waals surface area contributed by atoms with Crippen LogP contribution in [0.2, 0.25) is 5.02 Å². The van der Waals surface area contributed by atoms with Gasteiger partial charge in [0.25, 0.3) is 5.91 Å². The molecule has 4 rings (SSSR count). The van der Waals surface area contributed by atoms with Gasteiger partial charge in [-0.3, -0.25) is 4.79 Å². The van der Waals surface area contributed by atoms with Crippen LogP contribution < -0.4 is 10.1 Å². The summed E-state index contributed by atoms with van der Waals surface area (Å²) < 4.78 is 5.45. The van der Waals surface area contributed by atoms with Gasteiger partial charge in [0.2, 0.25) is 0 Å². The summed E-state index contributed by atoms with van der Waals surface area (Å²) in [6, 6.07) is 25.6. The molecule has 0 bridgehead atoms. The van der Waals surface area contributed by atoms with E-state index in [9.17, 15) is 9.90 Å². The lowest BCUT2D eigenvalue weighted by Gasteiger charge is -2.18. The van der Waals surface area contributed by atoms with E-state index in [1.165, 1.54) is 7.11 Å². The highest BCUT2D eigenvalue weighted by Crippen LogP contribution is 2.32. The van der Waals surface area contributed by atoms with Crippen LogP contribution in [0.5, 0.6) is 5.75 Å². The van der Waals surface area contributed by atoms with Gasteiger partial charge in [-0.1, -0.05) is 66.2 Å². The molecule has 0 aliphatic carbocycles. The average Bonchev–Trinajstić information content (AvgIpc) is 2.79. The lowest BCUT2D eigenvalue weighted by Crippen LogP contribution is -2.16. The Morgan fingerprint density at radius 3 is 2.30 bits per heavy atom. The van der Waals surface area contributed by atoms with Crippen molar-refractivity contribution in [2.45, 2.75) is 6.10 Å². The first-order valence-corrected chi connectivity index (χ1v) is 9.85. The summed E-state index contributed by atoms with van der Waals surface area (Å²) in [6.45, 7) is 0. The molecular weight excluding hydrogens is 398 g/mol. The molecule has 5 heteroatoms. The third-order valence-corrected chi connectivity index (χ3v) is 5.22. The molecule has 0 saturated carbocycles. The summed E-state index contributed by atoms with van der Waals surface area (Å²) in [7, 11) is 1.54. The summed E-state index contributed by atoms with van der Waals surface area (Å²) >= 11 is 6.17. The molecule has 4 aromatic rings. The quantitative estimate of drug-likeness (QED) is 0.429. The largest absolute Gasteiger partial charge is 0.496 e. The fraction of sp³-hybridized carbons (Fsp3) is 0.0800. The number of nitrogens with one attached hydrogen (secondary N) is 1. The highest BCUT2D eigenvalue weighted by atomic mass is 35.5. The highest BCUT2D eigenvalue weighted by molar-refractivity contribution is 6.30. The number of fused-ring (bicyclic) bond motifs is 1. The van der Waals surface area contributed by atoms with Crippen molar-refractivity contribution in [1.82, 2.24) is 0 Å². The van der Waals surface area contributed by atoms with E-state index >= 15 is 0 Å². The summed E-state index contributed by atoms with van der Waals surface area (Å²) in [4.78, 5) is 13.1. The van der Waals surface area contributed by atoms with Gasteiger partial charge in [-0.15, -0.1) is 0 Å². The zero-order valence-electron chi connectivity index (χ0n) is 16.3. The Labute approximate surface area is 179 Å². The maximum absolute atomic E-state index is 13.1. The third kappa shape index (κ3) is 4.01. The molecule has 0 saturated heterocycles. The topological polar surface area (TPSA) is 58.6 Å². The van der Waals surface area contributed by atoms with Gasteiger partial charge >= 0.3 is 0 Å². The van der Waals surface area contributed by atoms with E-state index in [-0.39, 0.29) is 5.91 Å². The van der Waals surface area contributed by atoms with E-state index in [0.717, 1.165) is 10.8 Å². The third-order valence-electron chi connectivity index (χ3n) is 4.98. The average molecular weight is 418 g/mol. The first kappa shape index (κ1) is 20.0. The summed E-state index contributed by atoms with van der Waals surface area (Å²) in [5.41, 5.74) is 2.11. The molecule has 30 heavy (non-hydrogen) atoms. The number of ether oxygens (including phenoxy) is 1. The van der Waals surface area contributed by atoms with Gasteiger partial charge in [-0.2, -0.15) is 0 Å². The summed E-state index contributed by atoms with van der Waals surface area (Å²) in [6.07, 6.45) is -0.932. The van der Waals surface area contributed by atoms with Gasteiger partial charge in [0.1, 0.15) is 11.9 Å². The molecule has 0 aromatic heterocycles. The van der Waals surface area contributed by atoms with Crippen LogP contribution in [0.4, 0.5) is 5.69 Å². The van der Waals surface area contributed by atoms with Crippen molar-refractivity contribution in [1.29, 1.82) is 0 Å². The van der Waals surface area contributed by atoms with Crippen molar-refractivity contribution < 1.29 is 14.6 Å². The number of amides is 1. The van der Waals surface area contributed by atoms with Crippen LogP contribution >= 0.6 is 11.6 Å². The molecule has 0 fully saturated rings. The summed E-state index contributed by atoms with van der Waals surface area (Å²) in [5.74, 6) is 0.145. The van der Waals surface area contributed by atoms with E-state index in [1.54, 1.807) is 24.3 Å². The zero-order chi connectivity index (χ0) is 21.1. The molecule has 0 aliphatic heterocycles. The second kappa shape index (κ2) is 8.57. The Bertz CT molecular complexity index is 1210. The van der Waals surface area contributed by atoms with E-state index in [0.29, 0.717) is 33.1 Å². The van der Waals surface area contributed by atoms with Crippen molar-refractivity contribution in [3.05, 3.63) is 107 Å². The molecule has 0 aliphatic rings. The highest BCUT2D eigenvalue weighted by Gasteiger charge is 2.19. The first-order valence-electron chi connectivity index (χ1n) is 9.47. The molecule has 0 radical (unpaired) electrons. The minimum absolute atomic E-state index is 0.332. The van der Waals surface area contributed by atoms with Gasteiger partial charge in [0, 0.05) is 16.3 Å². The number of aliphatic hydroxyl groups is 1. The van der Waals surface area contributed by atoms with Crippen molar-refractivity contribution >= 4 is 34.0 Å². The molecule has 150 valence electrons. The Hall–Kier alpha value is -3.34. The van der Waals surface area contributed by atoms with Crippen molar-refractivity contribution in [3.8, 4) is 5.75 Å². The van der Waals surface area contributed by atoms with Gasteiger partial charge in [-0.05, 0) is 46.7 Å². The molecule has 0 spiro atoms. The Morgan fingerprint density at radius 1 is 0.933 bits per heavy atom. The number of carbonyl (C=O) groups excluding carboxylic acids is 1. The Kier molecular flexibility index (Phi) is 5.70. The van der Waals surface area contributed by atoms with Gasteiger partial charge in [0.15, 0.2) is 0 Å². The van der Waals surface area contributed by atoms with E-state index in [1.807, 2.05) is 60.7 Å². The van der Waals surface area contributed by atoms with E-state index < -0.39 is 6.10 Å². The van der Waals surface area contributed by atoms with Crippen LogP contribution in [0.3, 0.4) is 0 Å². The number of rotatable bonds is 5. The SMILES string of the molecule is COc1cc2ccccc2cc1C(=O)Nc1ccc(Cl)cc1C(O)c1ccccc1. The molecule has 4 nitrogen and oxygen atoms in total. The zero-order valence-corrected chi connectivity index (χ0v) is 17.1. The summed E-state index contributed by atoms with van der Waals surface area (Å²) in [5, 5.41) is 16.2. The van der Waals surface area contributed by atoms with Crippen LogP contribution in [-0.2, 0) is 0 Å². The fourth-order valence-corrected chi connectivity index (χ4v) is 3.62. The number of hydrogen-bond acceptors (Lipinski definition) is 3. The molecule has 0 heterocycles. The normalized spacial score (nSPS) is 11.8. The smallest absolute Gasteiger partial charge is 0.259 e. The predicted molar refractivity (Wildman–Crippen MR) is 120 cm³/mol. The second-order valence-electron chi connectivity index (χ2n) is 6.90. The number of anilines is 1. The molecule has 1 unspecified atom stereocenters. The maximum Gasteiger partial charge on any atom is 0.259 e. The maximum atomic E-state index is 13.1. The molecule has 2 N–H and O–H groups in total. The lowest BCUT2D eigenvalue weighted by molar-refractivity contribution is 0.102. The van der Waals surface area contributed by atoms with Crippen molar-refractivity contribution in [2.24, 2.45) is 0 Å². The van der Waals surface area contributed by atoms with Crippen molar-refractivity contribution in [2.75, 3.05) is 12.4 Å². The molecule has 4 aromatic carbocycles. The number of methoxy groups -OCH3 is 1. The Morgan fingerprint density at radius 2 is 1.60 bits per heavy atom. The van der Waals surface area contributed by atoms with E-state index in [4.69, 9.17) is 16.3 Å². The van der Waals surface area contributed by atoms with Crippen LogP contribution in [0.1, 0.15) is 27.6 Å². The second-order valence-corrected chi connectivity index (χ2v) is 7.33. The standard InChI is InChI=1S/C25H20ClNO3/c1-30-23-14-18-10-6-5-9-17(18)13-21(23)25(29)27-22-12-11-19(26)15-20(22)24(28)16-7-3-2-4-8-16/h2-15,24,28H,1H3,(H,27,29). The molecular formula is C25H20ClNO3. The number of aliphatic hydroxyl groups excluding tert-OH is 1. The van der Waals surface area contributed by atoms with Crippen LogP contribution in [0.25, 0.3) is 10.8 Å². The van der Waals surface area contributed by atoms with Gasteiger partial charge < -0.3 is 15.2 Å². The minimum atomic E-state index is -0.932. The van der Waals surface area contributed by atoms with E-state index in [2.05, 4.69) is 5.32 Å². The monoisotopic (exact) mass is 417 g/mol. The van der Waals surface area contributed by atoms with Crippen LogP contribution in [0.15, 0.2) is 84.9 Å². The number of hydrogen-bond donors (Lipinski definition) is 2. The number of halogens is 1. The molecule has 1 atom stereocenters. The van der Waals surface area contributed by atoms with Crippen LogP contribution in [-0.4, -0.2) is 18.1 Å². The van der Waals surface area contributed by atoms with Crippen molar-refractivity contribution in [3.63, 3.8) is 0 Å². The first-order chi connectivity index (χ1) is 14.6. The Balaban J connectivity index is 1.71. The molecule has 1 amide bonds. The van der Waals surface area contributed by atoms with Gasteiger partial charge in [0.05, 0.1) is 12.7 Å².